The molecule has 1 fully saturated rings. The number of nitrogens with two attached hydrogens (primary N) is 1. The van der Waals surface area contributed by atoms with Crippen LogP contribution >= 0.6 is 15.9 Å². The Kier molecular flexibility index (Phi) is 3.27. The Hall–Kier alpha value is -0.540. The number of halogens is 1. The van der Waals surface area contributed by atoms with E-state index in [-0.39, 0.29) is 5.41 Å². The fourth-order valence-corrected chi connectivity index (χ4v) is 2.95. The van der Waals surface area contributed by atoms with E-state index >= 15 is 0 Å². The maximum Gasteiger partial charge on any atom is 0.120 e. The first kappa shape index (κ1) is 11.9. The van der Waals surface area contributed by atoms with Crippen molar-refractivity contribution in [3.05, 3.63) is 27.7 Å². The van der Waals surface area contributed by atoms with Crippen LogP contribution in [0, 0.1) is 6.92 Å². The van der Waals surface area contributed by atoms with Gasteiger partial charge in [0.25, 0.3) is 0 Å². The van der Waals surface area contributed by atoms with Crippen molar-refractivity contribution in [2.45, 2.75) is 31.6 Å². The summed E-state index contributed by atoms with van der Waals surface area (Å²) in [7, 11) is 1.71. The summed E-state index contributed by atoms with van der Waals surface area (Å²) in [4.78, 5) is 0. The Labute approximate surface area is 105 Å². The second kappa shape index (κ2) is 4.38. The lowest BCUT2D eigenvalue weighted by Crippen LogP contribution is -2.42. The summed E-state index contributed by atoms with van der Waals surface area (Å²) in [6.45, 7) is 2.88. The van der Waals surface area contributed by atoms with Crippen molar-refractivity contribution in [1.82, 2.24) is 0 Å². The molecule has 1 aromatic rings. The van der Waals surface area contributed by atoms with Crippen LogP contribution in [-0.2, 0) is 5.41 Å². The summed E-state index contributed by atoms with van der Waals surface area (Å²) in [6.07, 6.45) is 3.68. The Bertz CT molecular complexity index is 394. The Morgan fingerprint density at radius 1 is 1.44 bits per heavy atom. The fourth-order valence-electron chi connectivity index (χ4n) is 2.51. The topological polar surface area (TPSA) is 35.2 Å². The highest BCUT2D eigenvalue weighted by Gasteiger charge is 2.38. The van der Waals surface area contributed by atoms with E-state index in [1.165, 1.54) is 30.4 Å². The molecular formula is C13H18BrNO. The number of hydrogen-bond donors (Lipinski definition) is 1. The van der Waals surface area contributed by atoms with Crippen LogP contribution in [0.1, 0.15) is 30.4 Å². The van der Waals surface area contributed by atoms with Crippen LogP contribution in [0.25, 0.3) is 0 Å². The lowest BCUT2D eigenvalue weighted by Gasteiger charge is -2.42. The molecule has 1 saturated carbocycles. The SMILES string of the molecule is COc1cc(Br)c(C)c(C2(CN)CCC2)c1. The van der Waals surface area contributed by atoms with Crippen molar-refractivity contribution in [1.29, 1.82) is 0 Å². The maximum atomic E-state index is 5.96. The van der Waals surface area contributed by atoms with Crippen molar-refractivity contribution in [2.24, 2.45) is 5.73 Å². The quantitative estimate of drug-likeness (QED) is 0.925. The van der Waals surface area contributed by atoms with Crippen molar-refractivity contribution in [3.63, 3.8) is 0 Å². The molecule has 0 aliphatic heterocycles. The maximum absolute atomic E-state index is 5.96. The monoisotopic (exact) mass is 283 g/mol. The highest BCUT2D eigenvalue weighted by Crippen LogP contribution is 2.46. The summed E-state index contributed by atoms with van der Waals surface area (Å²) in [5.41, 5.74) is 8.80. The Morgan fingerprint density at radius 3 is 2.56 bits per heavy atom. The molecule has 0 bridgehead atoms. The van der Waals surface area contributed by atoms with Gasteiger partial charge in [-0.25, -0.2) is 0 Å². The molecule has 0 spiro atoms. The molecule has 1 aliphatic carbocycles. The van der Waals surface area contributed by atoms with Gasteiger partial charge in [-0.15, -0.1) is 0 Å². The van der Waals surface area contributed by atoms with Gasteiger partial charge in [0.2, 0.25) is 0 Å². The van der Waals surface area contributed by atoms with E-state index in [2.05, 4.69) is 28.9 Å². The average Bonchev–Trinajstić information content (AvgIpc) is 2.23. The van der Waals surface area contributed by atoms with Gasteiger partial charge >= 0.3 is 0 Å². The van der Waals surface area contributed by atoms with Gasteiger partial charge in [0.15, 0.2) is 0 Å². The normalized spacial score (nSPS) is 18.0. The summed E-state index contributed by atoms with van der Waals surface area (Å²) < 4.78 is 6.44. The lowest BCUT2D eigenvalue weighted by atomic mass is 9.63. The van der Waals surface area contributed by atoms with Crippen LogP contribution in [0.4, 0.5) is 0 Å². The first-order chi connectivity index (χ1) is 7.63. The minimum absolute atomic E-state index is 0.196. The second-order valence-electron chi connectivity index (χ2n) is 4.62. The highest BCUT2D eigenvalue weighted by molar-refractivity contribution is 9.10. The molecule has 2 nitrogen and oxygen atoms in total. The molecule has 0 radical (unpaired) electrons. The molecular weight excluding hydrogens is 266 g/mol. The molecule has 0 saturated heterocycles. The van der Waals surface area contributed by atoms with Crippen LogP contribution in [0.2, 0.25) is 0 Å². The average molecular weight is 284 g/mol. The molecule has 0 heterocycles. The second-order valence-corrected chi connectivity index (χ2v) is 5.47. The molecule has 16 heavy (non-hydrogen) atoms. The Balaban J connectivity index is 2.50. The summed E-state index contributed by atoms with van der Waals surface area (Å²) >= 11 is 3.59. The largest absolute Gasteiger partial charge is 0.497 e. The molecule has 88 valence electrons. The molecule has 1 aromatic carbocycles. The van der Waals surface area contributed by atoms with Crippen molar-refractivity contribution < 1.29 is 4.74 Å². The Morgan fingerprint density at radius 2 is 2.12 bits per heavy atom. The zero-order chi connectivity index (χ0) is 11.8. The van der Waals surface area contributed by atoms with E-state index in [9.17, 15) is 0 Å². The van der Waals surface area contributed by atoms with Gasteiger partial charge in [-0.2, -0.15) is 0 Å². The predicted molar refractivity (Wildman–Crippen MR) is 70.0 cm³/mol. The highest BCUT2D eigenvalue weighted by atomic mass is 79.9. The standard InChI is InChI=1S/C13H18BrNO/c1-9-11(13(8-15)4-3-5-13)6-10(16-2)7-12(9)14/h6-7H,3-5,8,15H2,1-2H3. The van der Waals surface area contributed by atoms with E-state index in [1.807, 2.05) is 6.07 Å². The summed E-state index contributed by atoms with van der Waals surface area (Å²) in [5, 5.41) is 0. The number of rotatable bonds is 3. The third-order valence-corrected chi connectivity index (χ3v) is 4.65. The molecule has 1 aliphatic rings. The molecule has 0 aromatic heterocycles. The van der Waals surface area contributed by atoms with Gasteiger partial charge in [0, 0.05) is 16.4 Å². The number of methoxy groups -OCH3 is 1. The van der Waals surface area contributed by atoms with Crippen LogP contribution in [-0.4, -0.2) is 13.7 Å². The van der Waals surface area contributed by atoms with Crippen molar-refractivity contribution in [3.8, 4) is 5.75 Å². The van der Waals surface area contributed by atoms with Crippen molar-refractivity contribution in [2.75, 3.05) is 13.7 Å². The van der Waals surface area contributed by atoms with E-state index < -0.39 is 0 Å². The minimum Gasteiger partial charge on any atom is -0.497 e. The smallest absolute Gasteiger partial charge is 0.120 e. The third kappa shape index (κ3) is 1.76. The van der Waals surface area contributed by atoms with Crippen LogP contribution in [0.5, 0.6) is 5.75 Å². The van der Waals surface area contributed by atoms with Crippen molar-refractivity contribution >= 4 is 15.9 Å². The molecule has 3 heteroatoms. The van der Waals surface area contributed by atoms with E-state index in [1.54, 1.807) is 7.11 Å². The number of benzene rings is 1. The molecule has 0 unspecified atom stereocenters. The van der Waals surface area contributed by atoms with Gasteiger partial charge in [0.05, 0.1) is 7.11 Å². The zero-order valence-electron chi connectivity index (χ0n) is 9.85. The van der Waals surface area contributed by atoms with E-state index in [0.29, 0.717) is 0 Å². The van der Waals surface area contributed by atoms with Gasteiger partial charge < -0.3 is 10.5 Å². The fraction of sp³-hybridized carbons (Fsp3) is 0.538. The van der Waals surface area contributed by atoms with Gasteiger partial charge in [0.1, 0.15) is 5.75 Å². The summed E-state index contributed by atoms with van der Waals surface area (Å²) in [6, 6.07) is 4.16. The zero-order valence-corrected chi connectivity index (χ0v) is 11.4. The van der Waals surface area contributed by atoms with Crippen LogP contribution in [0.15, 0.2) is 16.6 Å². The molecule has 2 rings (SSSR count). The van der Waals surface area contributed by atoms with Gasteiger partial charge in [-0.05, 0) is 43.0 Å². The van der Waals surface area contributed by atoms with Crippen LogP contribution < -0.4 is 10.5 Å². The number of ether oxygens (including phenoxy) is 1. The van der Waals surface area contributed by atoms with Gasteiger partial charge in [-0.3, -0.25) is 0 Å². The minimum atomic E-state index is 0.196. The molecule has 2 N–H and O–H groups in total. The van der Waals surface area contributed by atoms with E-state index in [4.69, 9.17) is 10.5 Å². The number of hydrogen-bond acceptors (Lipinski definition) is 2. The van der Waals surface area contributed by atoms with Crippen LogP contribution in [0.3, 0.4) is 0 Å². The lowest BCUT2D eigenvalue weighted by molar-refractivity contribution is 0.251. The van der Waals surface area contributed by atoms with Gasteiger partial charge in [-0.1, -0.05) is 22.4 Å². The first-order valence-corrected chi connectivity index (χ1v) is 6.47. The van der Waals surface area contributed by atoms with E-state index in [0.717, 1.165) is 16.8 Å². The third-order valence-electron chi connectivity index (χ3n) is 3.83. The predicted octanol–water partition coefficient (Wildman–Crippen LogP) is 3.15. The molecule has 0 amide bonds. The summed E-state index contributed by atoms with van der Waals surface area (Å²) in [5.74, 6) is 0.909. The first-order valence-electron chi connectivity index (χ1n) is 5.67. The molecule has 0 atom stereocenters.